The minimum Gasteiger partial charge on any atom is -0.459 e. The molecule has 0 spiro atoms. The molecule has 0 aliphatic carbocycles. The van der Waals surface area contributed by atoms with Gasteiger partial charge in [-0.15, -0.1) is 0 Å². The number of carbonyl (C=O) groups is 3. The van der Waals surface area contributed by atoms with Crippen LogP contribution in [0, 0.1) is 0 Å². The molecule has 0 saturated carbocycles. The number of para-hydroxylation sites is 1. The van der Waals surface area contributed by atoms with E-state index in [0.29, 0.717) is 0 Å². The number of benzene rings is 2. The van der Waals surface area contributed by atoms with E-state index in [1.54, 1.807) is 41.5 Å². The van der Waals surface area contributed by atoms with Gasteiger partial charge in [0.2, 0.25) is 5.91 Å². The third kappa shape index (κ3) is 6.59. The van der Waals surface area contributed by atoms with Gasteiger partial charge in [-0.2, -0.15) is 0 Å². The van der Waals surface area contributed by atoms with Gasteiger partial charge in [-0.1, -0.05) is 34.1 Å². The van der Waals surface area contributed by atoms with Crippen LogP contribution in [-0.2, 0) is 30.4 Å². The Morgan fingerprint density at radius 3 is 1.91 bits per heavy atom. The Hall–Kier alpha value is -2.87. The summed E-state index contributed by atoms with van der Waals surface area (Å²) in [6.45, 7) is 9.76. The maximum Gasteiger partial charge on any atom is 0.326 e. The first-order valence-corrected chi connectivity index (χ1v) is 11.9. The van der Waals surface area contributed by atoms with E-state index in [-0.39, 0.29) is 25.5 Å². The highest BCUT2D eigenvalue weighted by Gasteiger charge is 2.27. The van der Waals surface area contributed by atoms with E-state index in [2.05, 4.69) is 15.9 Å². The highest BCUT2D eigenvalue weighted by Crippen LogP contribution is 2.31. The Labute approximate surface area is 208 Å². The van der Waals surface area contributed by atoms with Gasteiger partial charge in [0.05, 0.1) is 0 Å². The smallest absolute Gasteiger partial charge is 0.326 e. The second kappa shape index (κ2) is 9.78. The van der Waals surface area contributed by atoms with Crippen LogP contribution in [0.4, 0.5) is 0 Å². The fourth-order valence-electron chi connectivity index (χ4n) is 3.72. The van der Waals surface area contributed by atoms with Crippen LogP contribution >= 0.6 is 15.9 Å². The average Bonchev–Trinajstić information content (AvgIpc) is 2.98. The van der Waals surface area contributed by atoms with Crippen LogP contribution < -0.4 is 0 Å². The molecule has 34 heavy (non-hydrogen) atoms. The van der Waals surface area contributed by atoms with Crippen molar-refractivity contribution in [2.24, 2.45) is 0 Å². The summed E-state index contributed by atoms with van der Waals surface area (Å²) in [6.07, 6.45) is 0. The molecule has 0 bridgehead atoms. The molecule has 2 aromatic carbocycles. The molecule has 3 aromatic rings. The molecule has 8 heteroatoms. The predicted molar refractivity (Wildman–Crippen MR) is 135 cm³/mol. The number of nitrogens with zero attached hydrogens (tertiary/aromatic N) is 2. The fourth-order valence-corrected chi connectivity index (χ4v) is 4.08. The summed E-state index contributed by atoms with van der Waals surface area (Å²) in [7, 11) is 0. The lowest BCUT2D eigenvalue weighted by Gasteiger charge is -2.26. The Kier molecular flexibility index (Phi) is 7.41. The van der Waals surface area contributed by atoms with Crippen molar-refractivity contribution in [1.29, 1.82) is 0 Å². The monoisotopic (exact) mass is 530 g/mol. The zero-order valence-electron chi connectivity index (χ0n) is 20.5. The fraction of sp³-hybridized carbons (Fsp3) is 0.423. The molecule has 182 valence electrons. The van der Waals surface area contributed by atoms with Crippen molar-refractivity contribution in [3.8, 4) is 0 Å². The molecule has 1 heterocycles. The molecule has 0 aliphatic heterocycles. The molecule has 7 nitrogen and oxygen atoms in total. The van der Waals surface area contributed by atoms with E-state index in [0.717, 1.165) is 26.3 Å². The van der Waals surface area contributed by atoms with Gasteiger partial charge in [0.1, 0.15) is 30.8 Å². The number of amides is 1. The summed E-state index contributed by atoms with van der Waals surface area (Å²) in [5.74, 6) is -1.56. The standard InChI is InChI=1S/C26H31BrN2O5/c1-25(2,3)33-23(31)15-28(16-24(32)34-26(4,5)6)22(30)14-29-20-10-8-7-9-18(20)19-13-17(27)11-12-21(19)29/h7-13H,14-16H2,1-6H3. The second-order valence-electron chi connectivity index (χ2n) is 10.2. The van der Waals surface area contributed by atoms with Gasteiger partial charge in [-0.05, 0) is 65.8 Å². The third-order valence-corrected chi connectivity index (χ3v) is 5.35. The minimum absolute atomic E-state index is 0.0444. The quantitative estimate of drug-likeness (QED) is 0.415. The summed E-state index contributed by atoms with van der Waals surface area (Å²) < 4.78 is 13.6. The van der Waals surface area contributed by atoms with Crippen molar-refractivity contribution in [1.82, 2.24) is 9.47 Å². The Morgan fingerprint density at radius 1 is 0.824 bits per heavy atom. The molecule has 0 radical (unpaired) electrons. The van der Waals surface area contributed by atoms with Crippen molar-refractivity contribution >= 4 is 55.6 Å². The van der Waals surface area contributed by atoms with Crippen molar-refractivity contribution in [3.63, 3.8) is 0 Å². The van der Waals surface area contributed by atoms with Crippen LogP contribution in [0.2, 0.25) is 0 Å². The lowest BCUT2D eigenvalue weighted by Crippen LogP contribution is -2.44. The van der Waals surface area contributed by atoms with E-state index in [9.17, 15) is 14.4 Å². The molecular formula is C26H31BrN2O5. The highest BCUT2D eigenvalue weighted by atomic mass is 79.9. The summed E-state index contributed by atoms with van der Waals surface area (Å²) in [5.41, 5.74) is 0.348. The maximum atomic E-state index is 13.4. The van der Waals surface area contributed by atoms with Crippen molar-refractivity contribution < 1.29 is 23.9 Å². The topological polar surface area (TPSA) is 77.8 Å². The van der Waals surface area contributed by atoms with Crippen LogP contribution in [0.1, 0.15) is 41.5 Å². The molecule has 0 aliphatic rings. The van der Waals surface area contributed by atoms with Crippen molar-refractivity contribution in [2.75, 3.05) is 13.1 Å². The molecule has 0 fully saturated rings. The van der Waals surface area contributed by atoms with Crippen LogP contribution in [0.5, 0.6) is 0 Å². The van der Waals surface area contributed by atoms with Crippen LogP contribution in [0.3, 0.4) is 0 Å². The molecule has 0 N–H and O–H groups in total. The Morgan fingerprint density at radius 2 is 1.35 bits per heavy atom. The SMILES string of the molecule is CC(C)(C)OC(=O)CN(CC(=O)OC(C)(C)C)C(=O)Cn1c2ccccc2c2cc(Br)ccc21. The summed E-state index contributed by atoms with van der Waals surface area (Å²) >= 11 is 3.52. The van der Waals surface area contributed by atoms with E-state index in [1.165, 1.54) is 4.90 Å². The molecule has 1 amide bonds. The molecule has 0 atom stereocenters. The normalized spacial score (nSPS) is 12.1. The van der Waals surface area contributed by atoms with Gasteiger partial charge < -0.3 is 18.9 Å². The number of fused-ring (bicyclic) bond motifs is 3. The molecular weight excluding hydrogens is 500 g/mol. The number of hydrogen-bond donors (Lipinski definition) is 0. The number of halogens is 1. The summed E-state index contributed by atoms with van der Waals surface area (Å²) in [4.78, 5) is 39.7. The zero-order chi connectivity index (χ0) is 25.3. The van der Waals surface area contributed by atoms with Gasteiger partial charge in [0.15, 0.2) is 0 Å². The van der Waals surface area contributed by atoms with Gasteiger partial charge >= 0.3 is 11.9 Å². The molecule has 3 rings (SSSR count). The van der Waals surface area contributed by atoms with E-state index in [4.69, 9.17) is 9.47 Å². The van der Waals surface area contributed by atoms with E-state index >= 15 is 0 Å². The van der Waals surface area contributed by atoms with E-state index in [1.807, 2.05) is 47.0 Å². The van der Waals surface area contributed by atoms with Gasteiger partial charge in [0, 0.05) is 26.3 Å². The minimum atomic E-state index is -0.710. The molecule has 1 aromatic heterocycles. The number of hydrogen-bond acceptors (Lipinski definition) is 5. The third-order valence-electron chi connectivity index (χ3n) is 4.86. The first kappa shape index (κ1) is 25.7. The number of esters is 2. The molecule has 0 saturated heterocycles. The van der Waals surface area contributed by atoms with Crippen LogP contribution in [-0.4, -0.2) is 51.6 Å². The largest absolute Gasteiger partial charge is 0.459 e. The average molecular weight is 531 g/mol. The van der Waals surface area contributed by atoms with Crippen LogP contribution in [0.15, 0.2) is 46.9 Å². The second-order valence-corrected chi connectivity index (χ2v) is 11.1. The first-order chi connectivity index (χ1) is 15.7. The Bertz CT molecular complexity index is 1200. The number of aromatic nitrogens is 1. The number of carbonyl (C=O) groups excluding carboxylic acids is 3. The summed E-state index contributed by atoms with van der Waals surface area (Å²) in [5, 5.41) is 2.01. The lowest BCUT2D eigenvalue weighted by molar-refractivity contribution is -0.164. The highest BCUT2D eigenvalue weighted by molar-refractivity contribution is 9.10. The molecule has 0 unspecified atom stereocenters. The van der Waals surface area contributed by atoms with Crippen molar-refractivity contribution in [3.05, 3.63) is 46.9 Å². The van der Waals surface area contributed by atoms with Gasteiger partial charge in [-0.25, -0.2) is 0 Å². The number of ether oxygens (including phenoxy) is 2. The van der Waals surface area contributed by atoms with Gasteiger partial charge in [-0.3, -0.25) is 14.4 Å². The zero-order valence-corrected chi connectivity index (χ0v) is 22.1. The summed E-state index contributed by atoms with van der Waals surface area (Å²) in [6, 6.07) is 13.7. The van der Waals surface area contributed by atoms with Crippen LogP contribution in [0.25, 0.3) is 21.8 Å². The Balaban J connectivity index is 1.93. The first-order valence-electron chi connectivity index (χ1n) is 11.1. The predicted octanol–water partition coefficient (Wildman–Crippen LogP) is 5.07. The van der Waals surface area contributed by atoms with E-state index < -0.39 is 23.1 Å². The van der Waals surface area contributed by atoms with Gasteiger partial charge in [0.25, 0.3) is 0 Å². The number of rotatable bonds is 6. The lowest BCUT2D eigenvalue weighted by atomic mass is 10.2. The van der Waals surface area contributed by atoms with Crippen molar-refractivity contribution in [2.45, 2.75) is 59.3 Å². The maximum absolute atomic E-state index is 13.4.